The minimum absolute atomic E-state index is 0.548. The molecular formula is C12H13NO2. The second kappa shape index (κ2) is 4.75. The highest BCUT2D eigenvalue weighted by Gasteiger charge is 2.00. The first-order valence-corrected chi connectivity index (χ1v) is 4.86. The van der Waals surface area contributed by atoms with Crippen molar-refractivity contribution in [3.8, 4) is 5.75 Å². The molecule has 0 aliphatic heterocycles. The van der Waals surface area contributed by atoms with Crippen LogP contribution in [0.3, 0.4) is 0 Å². The number of fused-ring (bicyclic) bond motifs is 1. The molecule has 1 heterocycles. The zero-order valence-corrected chi connectivity index (χ0v) is 8.64. The lowest BCUT2D eigenvalue weighted by atomic mass is 10.2. The molecule has 3 nitrogen and oxygen atoms in total. The van der Waals surface area contributed by atoms with E-state index in [0.29, 0.717) is 13.2 Å². The number of hydrogen-bond acceptors (Lipinski definition) is 3. The van der Waals surface area contributed by atoms with E-state index in [4.69, 9.17) is 9.47 Å². The molecule has 0 N–H and O–H groups in total. The van der Waals surface area contributed by atoms with Crippen LogP contribution >= 0.6 is 0 Å². The summed E-state index contributed by atoms with van der Waals surface area (Å²) in [4.78, 5) is 4.13. The van der Waals surface area contributed by atoms with E-state index in [1.165, 1.54) is 0 Å². The standard InChI is InChI=1S/C12H13NO2/c1-14-6-7-15-12-9-13-8-10-4-2-3-5-11(10)12/h2-5,8-9H,6-7H2,1H3. The lowest BCUT2D eigenvalue weighted by Gasteiger charge is -2.07. The summed E-state index contributed by atoms with van der Waals surface area (Å²) in [6, 6.07) is 8.03. The van der Waals surface area contributed by atoms with Gasteiger partial charge in [-0.2, -0.15) is 0 Å². The van der Waals surface area contributed by atoms with Gasteiger partial charge in [0.15, 0.2) is 0 Å². The van der Waals surface area contributed by atoms with Crippen molar-refractivity contribution in [2.45, 2.75) is 0 Å². The topological polar surface area (TPSA) is 31.4 Å². The summed E-state index contributed by atoms with van der Waals surface area (Å²) in [5.74, 6) is 0.810. The number of pyridine rings is 1. The van der Waals surface area contributed by atoms with E-state index in [1.807, 2.05) is 30.5 Å². The average molecular weight is 203 g/mol. The fourth-order valence-electron chi connectivity index (χ4n) is 1.44. The minimum atomic E-state index is 0.548. The molecule has 0 bridgehead atoms. The van der Waals surface area contributed by atoms with Gasteiger partial charge in [-0.25, -0.2) is 0 Å². The van der Waals surface area contributed by atoms with Gasteiger partial charge in [0, 0.05) is 24.1 Å². The molecule has 15 heavy (non-hydrogen) atoms. The number of nitrogens with zero attached hydrogens (tertiary/aromatic N) is 1. The quantitative estimate of drug-likeness (QED) is 0.714. The summed E-state index contributed by atoms with van der Waals surface area (Å²) in [7, 11) is 1.66. The van der Waals surface area contributed by atoms with Gasteiger partial charge in [0.05, 0.1) is 12.8 Å². The SMILES string of the molecule is COCCOc1cncc2ccccc12. The summed E-state index contributed by atoms with van der Waals surface area (Å²) >= 11 is 0. The fraction of sp³-hybridized carbons (Fsp3) is 0.250. The molecule has 0 saturated heterocycles. The number of aromatic nitrogens is 1. The van der Waals surface area contributed by atoms with Gasteiger partial charge in [-0.1, -0.05) is 24.3 Å². The molecule has 0 spiro atoms. The van der Waals surface area contributed by atoms with Crippen LogP contribution in [0.4, 0.5) is 0 Å². The molecule has 0 saturated carbocycles. The van der Waals surface area contributed by atoms with Gasteiger partial charge in [0.2, 0.25) is 0 Å². The Kier molecular flexibility index (Phi) is 3.15. The van der Waals surface area contributed by atoms with Crippen molar-refractivity contribution < 1.29 is 9.47 Å². The summed E-state index contributed by atoms with van der Waals surface area (Å²) in [6.07, 6.45) is 3.57. The Balaban J connectivity index is 2.26. The van der Waals surface area contributed by atoms with Crippen LogP contribution in [0.5, 0.6) is 5.75 Å². The van der Waals surface area contributed by atoms with E-state index in [-0.39, 0.29) is 0 Å². The molecule has 0 unspecified atom stereocenters. The molecule has 2 aromatic rings. The van der Waals surface area contributed by atoms with Crippen LogP contribution in [0.15, 0.2) is 36.7 Å². The van der Waals surface area contributed by atoms with Crippen molar-refractivity contribution in [2.24, 2.45) is 0 Å². The van der Waals surface area contributed by atoms with E-state index < -0.39 is 0 Å². The zero-order valence-electron chi connectivity index (χ0n) is 8.64. The highest BCUT2D eigenvalue weighted by molar-refractivity contribution is 5.87. The first kappa shape index (κ1) is 9.93. The van der Waals surface area contributed by atoms with Crippen molar-refractivity contribution in [3.05, 3.63) is 36.7 Å². The Hall–Kier alpha value is -1.61. The van der Waals surface area contributed by atoms with Crippen molar-refractivity contribution in [1.29, 1.82) is 0 Å². The van der Waals surface area contributed by atoms with Gasteiger partial charge in [0.25, 0.3) is 0 Å². The fourth-order valence-corrected chi connectivity index (χ4v) is 1.44. The predicted octanol–water partition coefficient (Wildman–Crippen LogP) is 2.26. The van der Waals surface area contributed by atoms with Crippen LogP contribution in [-0.2, 0) is 4.74 Å². The number of methoxy groups -OCH3 is 1. The monoisotopic (exact) mass is 203 g/mol. The van der Waals surface area contributed by atoms with E-state index in [1.54, 1.807) is 13.3 Å². The summed E-state index contributed by atoms with van der Waals surface area (Å²) in [5.41, 5.74) is 0. The third-order valence-electron chi connectivity index (χ3n) is 2.18. The molecule has 0 aliphatic rings. The molecule has 0 radical (unpaired) electrons. The maximum absolute atomic E-state index is 5.57. The Labute approximate surface area is 88.7 Å². The largest absolute Gasteiger partial charge is 0.489 e. The lowest BCUT2D eigenvalue weighted by Crippen LogP contribution is -2.04. The lowest BCUT2D eigenvalue weighted by molar-refractivity contribution is 0.147. The van der Waals surface area contributed by atoms with Gasteiger partial charge < -0.3 is 9.47 Å². The third kappa shape index (κ3) is 2.25. The van der Waals surface area contributed by atoms with E-state index >= 15 is 0 Å². The molecule has 1 aromatic heterocycles. The van der Waals surface area contributed by atoms with Crippen molar-refractivity contribution in [1.82, 2.24) is 4.98 Å². The van der Waals surface area contributed by atoms with Gasteiger partial charge in [0.1, 0.15) is 12.4 Å². The first-order chi connectivity index (χ1) is 7.42. The van der Waals surface area contributed by atoms with Crippen LogP contribution in [0, 0.1) is 0 Å². The van der Waals surface area contributed by atoms with Crippen LogP contribution in [0.25, 0.3) is 10.8 Å². The normalized spacial score (nSPS) is 10.5. The average Bonchev–Trinajstić information content (AvgIpc) is 2.30. The second-order valence-electron chi connectivity index (χ2n) is 3.20. The molecular weight excluding hydrogens is 190 g/mol. The van der Waals surface area contributed by atoms with Crippen LogP contribution in [0.1, 0.15) is 0 Å². The number of hydrogen-bond donors (Lipinski definition) is 0. The van der Waals surface area contributed by atoms with Crippen molar-refractivity contribution in [2.75, 3.05) is 20.3 Å². The molecule has 0 aliphatic carbocycles. The number of ether oxygens (including phenoxy) is 2. The summed E-state index contributed by atoms with van der Waals surface area (Å²) < 4.78 is 10.5. The molecule has 0 amide bonds. The van der Waals surface area contributed by atoms with Crippen molar-refractivity contribution >= 4 is 10.8 Å². The number of rotatable bonds is 4. The Morgan fingerprint density at radius 3 is 2.87 bits per heavy atom. The van der Waals surface area contributed by atoms with Crippen LogP contribution in [0.2, 0.25) is 0 Å². The summed E-state index contributed by atoms with van der Waals surface area (Å²) in [5, 5.41) is 2.18. The smallest absolute Gasteiger partial charge is 0.145 e. The van der Waals surface area contributed by atoms with E-state index in [0.717, 1.165) is 16.5 Å². The molecule has 3 heteroatoms. The third-order valence-corrected chi connectivity index (χ3v) is 2.18. The maximum Gasteiger partial charge on any atom is 0.145 e. The molecule has 2 rings (SSSR count). The maximum atomic E-state index is 5.57. The Bertz CT molecular complexity index is 437. The second-order valence-corrected chi connectivity index (χ2v) is 3.20. The van der Waals surface area contributed by atoms with Crippen molar-refractivity contribution in [3.63, 3.8) is 0 Å². The minimum Gasteiger partial charge on any atom is -0.489 e. The summed E-state index contributed by atoms with van der Waals surface area (Å²) in [6.45, 7) is 1.13. The molecule has 78 valence electrons. The molecule has 1 aromatic carbocycles. The van der Waals surface area contributed by atoms with E-state index in [9.17, 15) is 0 Å². The van der Waals surface area contributed by atoms with Crippen LogP contribution in [-0.4, -0.2) is 25.3 Å². The predicted molar refractivity (Wildman–Crippen MR) is 59.1 cm³/mol. The van der Waals surface area contributed by atoms with Crippen LogP contribution < -0.4 is 4.74 Å². The van der Waals surface area contributed by atoms with Gasteiger partial charge in [-0.3, -0.25) is 4.98 Å². The molecule has 0 fully saturated rings. The highest BCUT2D eigenvalue weighted by atomic mass is 16.5. The van der Waals surface area contributed by atoms with E-state index in [2.05, 4.69) is 4.98 Å². The first-order valence-electron chi connectivity index (χ1n) is 4.86. The zero-order chi connectivity index (χ0) is 10.5. The Morgan fingerprint density at radius 1 is 1.13 bits per heavy atom. The Morgan fingerprint density at radius 2 is 2.00 bits per heavy atom. The highest BCUT2D eigenvalue weighted by Crippen LogP contribution is 2.23. The molecule has 0 atom stereocenters. The van der Waals surface area contributed by atoms with Gasteiger partial charge in [-0.05, 0) is 0 Å². The van der Waals surface area contributed by atoms with Gasteiger partial charge >= 0.3 is 0 Å². The van der Waals surface area contributed by atoms with Gasteiger partial charge in [-0.15, -0.1) is 0 Å². The number of benzene rings is 1.